The number of amides is 2. The highest BCUT2D eigenvalue weighted by atomic mass is 79.9. The van der Waals surface area contributed by atoms with Gasteiger partial charge in [0, 0.05) is 4.47 Å². The van der Waals surface area contributed by atoms with E-state index in [9.17, 15) is 9.59 Å². The molecule has 0 aliphatic heterocycles. The van der Waals surface area contributed by atoms with E-state index in [0.29, 0.717) is 27.1 Å². The third kappa shape index (κ3) is 6.36. The largest absolute Gasteiger partial charge is 0.493 e. The Morgan fingerprint density at radius 3 is 2.72 bits per heavy atom. The van der Waals surface area contributed by atoms with Gasteiger partial charge in [-0.05, 0) is 58.7 Å². The maximum absolute atomic E-state index is 12.3. The van der Waals surface area contributed by atoms with Gasteiger partial charge >= 0.3 is 0 Å². The highest BCUT2D eigenvalue weighted by Gasteiger charge is 2.17. The summed E-state index contributed by atoms with van der Waals surface area (Å²) in [7, 11) is 1.51. The van der Waals surface area contributed by atoms with Crippen molar-refractivity contribution in [2.45, 2.75) is 13.0 Å². The SMILES string of the molecule is C#CCOc1ccc(C=NNC(=O)C(C)NC(=O)c2ccccc2Br)cc1OC. The lowest BCUT2D eigenvalue weighted by atomic mass is 10.2. The van der Waals surface area contributed by atoms with Crippen LogP contribution in [0.2, 0.25) is 0 Å². The number of hydrogen-bond acceptors (Lipinski definition) is 5. The van der Waals surface area contributed by atoms with Crippen molar-refractivity contribution in [3.05, 3.63) is 58.1 Å². The fourth-order valence-corrected chi connectivity index (χ4v) is 2.72. The molecule has 2 rings (SSSR count). The number of terminal acetylenes is 1. The molecule has 29 heavy (non-hydrogen) atoms. The lowest BCUT2D eigenvalue weighted by Gasteiger charge is -2.13. The third-order valence-corrected chi connectivity index (χ3v) is 4.44. The Morgan fingerprint density at radius 1 is 1.28 bits per heavy atom. The topological polar surface area (TPSA) is 89.0 Å². The Hall–Kier alpha value is -3.31. The van der Waals surface area contributed by atoms with E-state index in [2.05, 4.69) is 37.7 Å². The van der Waals surface area contributed by atoms with E-state index in [1.54, 1.807) is 49.4 Å². The number of hydrazone groups is 1. The van der Waals surface area contributed by atoms with E-state index >= 15 is 0 Å². The summed E-state index contributed by atoms with van der Waals surface area (Å²) in [5, 5.41) is 6.54. The molecule has 0 aliphatic rings. The molecule has 0 bridgehead atoms. The molecule has 1 atom stereocenters. The second-order valence-corrected chi connectivity index (χ2v) is 6.67. The summed E-state index contributed by atoms with van der Waals surface area (Å²) in [5.41, 5.74) is 3.51. The van der Waals surface area contributed by atoms with Crippen molar-refractivity contribution < 1.29 is 19.1 Å². The second kappa shape index (κ2) is 10.9. The molecule has 8 heteroatoms. The Labute approximate surface area is 177 Å². The van der Waals surface area contributed by atoms with Crippen LogP contribution in [0.4, 0.5) is 0 Å². The van der Waals surface area contributed by atoms with E-state index in [0.717, 1.165) is 0 Å². The summed E-state index contributed by atoms with van der Waals surface area (Å²) < 4.78 is 11.3. The highest BCUT2D eigenvalue weighted by Crippen LogP contribution is 2.27. The Balaban J connectivity index is 1.94. The number of halogens is 1. The maximum atomic E-state index is 12.3. The molecule has 2 amide bonds. The first kappa shape index (κ1) is 22.0. The second-order valence-electron chi connectivity index (χ2n) is 5.81. The number of benzene rings is 2. The molecule has 0 aromatic heterocycles. The third-order valence-electron chi connectivity index (χ3n) is 3.75. The molecular weight excluding hydrogens is 438 g/mol. The van der Waals surface area contributed by atoms with Gasteiger partial charge in [0.2, 0.25) is 0 Å². The summed E-state index contributed by atoms with van der Waals surface area (Å²) in [5.74, 6) is 2.56. The zero-order valence-electron chi connectivity index (χ0n) is 15.9. The Morgan fingerprint density at radius 2 is 2.03 bits per heavy atom. The number of carbonyl (C=O) groups is 2. The van der Waals surface area contributed by atoms with Crippen molar-refractivity contribution in [3.63, 3.8) is 0 Å². The minimum atomic E-state index is -0.777. The van der Waals surface area contributed by atoms with Gasteiger partial charge in [0.1, 0.15) is 12.6 Å². The van der Waals surface area contributed by atoms with Gasteiger partial charge < -0.3 is 14.8 Å². The first-order valence-electron chi connectivity index (χ1n) is 8.59. The monoisotopic (exact) mass is 457 g/mol. The molecule has 0 saturated heterocycles. The van der Waals surface area contributed by atoms with Crippen LogP contribution in [-0.4, -0.2) is 37.8 Å². The fraction of sp³-hybridized carbons (Fsp3) is 0.190. The number of ether oxygens (including phenoxy) is 2. The van der Waals surface area contributed by atoms with Gasteiger partial charge in [-0.1, -0.05) is 18.1 Å². The van der Waals surface area contributed by atoms with E-state index in [1.807, 2.05) is 0 Å². The van der Waals surface area contributed by atoms with Gasteiger partial charge in [0.15, 0.2) is 11.5 Å². The molecule has 0 aliphatic carbocycles. The van der Waals surface area contributed by atoms with Crippen molar-refractivity contribution >= 4 is 34.0 Å². The standard InChI is InChI=1S/C21H20BrN3O4/c1-4-11-29-18-10-9-15(12-19(18)28-3)13-23-25-20(26)14(2)24-21(27)16-7-5-6-8-17(16)22/h1,5-10,12-14H,11H2,2-3H3,(H,24,27)(H,25,26). The molecule has 0 heterocycles. The molecule has 2 aromatic carbocycles. The molecular formula is C21H20BrN3O4. The molecule has 0 fully saturated rings. The molecule has 1 unspecified atom stereocenters. The predicted molar refractivity (Wildman–Crippen MR) is 114 cm³/mol. The molecule has 0 saturated carbocycles. The number of nitrogens with zero attached hydrogens (tertiary/aromatic N) is 1. The lowest BCUT2D eigenvalue weighted by Crippen LogP contribution is -2.43. The molecule has 2 aromatic rings. The fourth-order valence-electron chi connectivity index (χ4n) is 2.26. The van der Waals surface area contributed by atoms with Crippen LogP contribution in [0.3, 0.4) is 0 Å². The van der Waals surface area contributed by atoms with E-state index < -0.39 is 11.9 Å². The Bertz CT molecular complexity index is 953. The lowest BCUT2D eigenvalue weighted by molar-refractivity contribution is -0.122. The van der Waals surface area contributed by atoms with Crippen LogP contribution in [-0.2, 0) is 4.79 Å². The smallest absolute Gasteiger partial charge is 0.262 e. The first-order valence-corrected chi connectivity index (χ1v) is 9.38. The summed E-state index contributed by atoms with van der Waals surface area (Å²) in [6.45, 7) is 1.70. The summed E-state index contributed by atoms with van der Waals surface area (Å²) in [4.78, 5) is 24.4. The number of carbonyl (C=O) groups excluding carboxylic acids is 2. The minimum Gasteiger partial charge on any atom is -0.493 e. The van der Waals surface area contributed by atoms with Crippen LogP contribution in [0, 0.1) is 12.3 Å². The van der Waals surface area contributed by atoms with Gasteiger partial charge in [-0.25, -0.2) is 5.43 Å². The van der Waals surface area contributed by atoms with Crippen molar-refractivity contribution in [3.8, 4) is 23.8 Å². The molecule has 0 spiro atoms. The molecule has 2 N–H and O–H groups in total. The van der Waals surface area contributed by atoms with Gasteiger partial charge in [-0.3, -0.25) is 9.59 Å². The molecule has 7 nitrogen and oxygen atoms in total. The number of hydrogen-bond donors (Lipinski definition) is 2. The van der Waals surface area contributed by atoms with Crippen molar-refractivity contribution in [2.24, 2.45) is 5.10 Å². The van der Waals surface area contributed by atoms with Gasteiger partial charge in [-0.2, -0.15) is 5.10 Å². The first-order chi connectivity index (χ1) is 14.0. The number of nitrogens with one attached hydrogen (secondary N) is 2. The quantitative estimate of drug-likeness (QED) is 0.362. The van der Waals surface area contributed by atoms with Crippen LogP contribution in [0.15, 0.2) is 52.0 Å². The van der Waals surface area contributed by atoms with Crippen LogP contribution in [0.25, 0.3) is 0 Å². The zero-order valence-corrected chi connectivity index (χ0v) is 17.5. The molecule has 0 radical (unpaired) electrons. The van der Waals surface area contributed by atoms with Crippen LogP contribution >= 0.6 is 15.9 Å². The Kier molecular flexibility index (Phi) is 8.25. The van der Waals surface area contributed by atoms with Crippen LogP contribution in [0.5, 0.6) is 11.5 Å². The summed E-state index contributed by atoms with van der Waals surface area (Å²) >= 11 is 3.31. The number of rotatable bonds is 8. The zero-order chi connectivity index (χ0) is 21.2. The minimum absolute atomic E-state index is 0.128. The normalized spacial score (nSPS) is 11.4. The van der Waals surface area contributed by atoms with Gasteiger partial charge in [0.25, 0.3) is 11.8 Å². The average Bonchev–Trinajstić information content (AvgIpc) is 2.72. The van der Waals surface area contributed by atoms with Gasteiger partial charge in [0.05, 0.1) is 18.9 Å². The van der Waals surface area contributed by atoms with Crippen molar-refractivity contribution in [1.29, 1.82) is 0 Å². The van der Waals surface area contributed by atoms with Crippen LogP contribution < -0.4 is 20.2 Å². The number of methoxy groups -OCH3 is 1. The molecule has 150 valence electrons. The van der Waals surface area contributed by atoms with Crippen LogP contribution in [0.1, 0.15) is 22.8 Å². The summed E-state index contributed by atoms with van der Waals surface area (Å²) in [6.07, 6.45) is 6.63. The average molecular weight is 458 g/mol. The maximum Gasteiger partial charge on any atom is 0.262 e. The van der Waals surface area contributed by atoms with Crippen molar-refractivity contribution in [2.75, 3.05) is 13.7 Å². The van der Waals surface area contributed by atoms with E-state index in [1.165, 1.54) is 13.3 Å². The van der Waals surface area contributed by atoms with Gasteiger partial charge in [-0.15, -0.1) is 6.42 Å². The highest BCUT2D eigenvalue weighted by molar-refractivity contribution is 9.10. The predicted octanol–water partition coefficient (Wildman–Crippen LogP) is 2.74. The summed E-state index contributed by atoms with van der Waals surface area (Å²) in [6, 6.07) is 11.3. The van der Waals surface area contributed by atoms with E-state index in [4.69, 9.17) is 15.9 Å². The van der Waals surface area contributed by atoms with Crippen molar-refractivity contribution in [1.82, 2.24) is 10.7 Å². The van der Waals surface area contributed by atoms with E-state index in [-0.39, 0.29) is 12.5 Å².